The number of imidazole rings is 6. The standard InChI is InChI=1S/C12H7F3N5.C12H10N5.C9H9F3N5.C9H12N5.C7H5F3N5.C7H8N5.3Pt/c13-12(14,15)11-17-9(18-19-11)10-16-6-7-20(10)8-4-2-1-3-5-8;1-9-14-11(16-15-9)12-13-7-8-17(12)10-5-3-2-4-6-10;1-5(2)17-4-3-13-7(17)6-14-8(16-15-6)9(10,11)12;1-6(2)14-5-4-10-9(14)8-11-7(3)12-13-8;1-15-3-2-11-5(15)4-12-6(14-13-4)7(8,9)10;1-5-9-6(11-10-5)7-8-3-4-12(7)2;;;/h1-7H;2-8H,1H3;3-5H,1-2H3;4-6H,1-3H3;2-3H,1H3;3-4H,1-2H3;;;/q6*-1;3*+2. The summed E-state index contributed by atoms with van der Waals surface area (Å²) in [5.41, 5.74) is 1.78. The van der Waals surface area contributed by atoms with Crippen molar-refractivity contribution in [3.63, 3.8) is 0 Å². The van der Waals surface area contributed by atoms with Crippen LogP contribution in [0.25, 0.3) is 81.3 Å². The Morgan fingerprint density at radius 1 is 0.327 bits per heavy atom. The third-order valence-corrected chi connectivity index (χ3v) is 12.4. The fourth-order valence-electron chi connectivity index (χ4n) is 8.10. The number of aryl methyl sites for hydroxylation is 5. The zero-order chi connectivity index (χ0) is 68.2. The van der Waals surface area contributed by atoms with E-state index in [-0.39, 0.29) is 104 Å². The van der Waals surface area contributed by atoms with Gasteiger partial charge >= 0.3 is 81.7 Å². The second-order valence-electron chi connectivity index (χ2n) is 20.1. The van der Waals surface area contributed by atoms with Gasteiger partial charge in [0.15, 0.2) is 0 Å². The van der Waals surface area contributed by atoms with Crippen LogP contribution in [0.5, 0.6) is 0 Å². The van der Waals surface area contributed by atoms with Gasteiger partial charge in [0.2, 0.25) is 0 Å². The Bertz CT molecular complexity index is 4650. The monoisotopic (exact) mass is 1900 g/mol. The quantitative estimate of drug-likeness (QED) is 0.117. The maximum atomic E-state index is 12.5. The average molecular weight is 1900 g/mol. The van der Waals surface area contributed by atoms with Crippen molar-refractivity contribution in [3.05, 3.63) is 170 Å². The molecule has 518 valence electrons. The van der Waals surface area contributed by atoms with Crippen molar-refractivity contribution in [1.29, 1.82) is 0 Å². The number of aromatic nitrogens is 30. The van der Waals surface area contributed by atoms with Crippen LogP contribution in [0, 0.1) is 20.8 Å². The van der Waals surface area contributed by atoms with Crippen molar-refractivity contribution < 1.29 is 103 Å². The third-order valence-electron chi connectivity index (χ3n) is 12.4. The van der Waals surface area contributed by atoms with E-state index in [0.717, 1.165) is 23.0 Å². The molecule has 0 saturated heterocycles. The van der Waals surface area contributed by atoms with Crippen molar-refractivity contribution in [2.75, 3.05) is 0 Å². The van der Waals surface area contributed by atoms with Gasteiger partial charge in [-0.1, -0.05) is 36.4 Å². The van der Waals surface area contributed by atoms with Crippen LogP contribution in [0.4, 0.5) is 39.5 Å². The van der Waals surface area contributed by atoms with Gasteiger partial charge in [0, 0.05) is 164 Å². The summed E-state index contributed by atoms with van der Waals surface area (Å²) in [6.07, 6.45) is 6.33. The molecule has 12 aromatic heterocycles. The van der Waals surface area contributed by atoms with Crippen LogP contribution in [0.2, 0.25) is 0 Å². The van der Waals surface area contributed by atoms with E-state index in [4.69, 9.17) is 0 Å². The summed E-state index contributed by atoms with van der Waals surface area (Å²) >= 11 is 0. The molecule has 2 aromatic carbocycles. The summed E-state index contributed by atoms with van der Waals surface area (Å²) in [5.74, 6) is 2.54. The second-order valence-corrected chi connectivity index (χ2v) is 20.1. The normalized spacial score (nSPS) is 11.1. The first-order valence-electron chi connectivity index (χ1n) is 27.8. The molecule has 42 heteroatoms. The summed E-state index contributed by atoms with van der Waals surface area (Å²) in [5, 5.41) is 42.5. The van der Waals surface area contributed by atoms with Gasteiger partial charge in [-0.3, -0.25) is 30.6 Å². The number of halogens is 9. The van der Waals surface area contributed by atoms with Gasteiger partial charge in [0.1, 0.15) is 52.4 Å². The van der Waals surface area contributed by atoms with Gasteiger partial charge in [0.25, 0.3) is 0 Å². The van der Waals surface area contributed by atoms with E-state index >= 15 is 0 Å². The predicted molar refractivity (Wildman–Crippen MR) is 314 cm³/mol. The fourth-order valence-corrected chi connectivity index (χ4v) is 8.10. The van der Waals surface area contributed by atoms with E-state index in [1.165, 1.54) is 23.2 Å². The zero-order valence-corrected chi connectivity index (χ0v) is 58.9. The first-order valence-corrected chi connectivity index (χ1v) is 27.8. The molecule has 0 spiro atoms. The van der Waals surface area contributed by atoms with Crippen LogP contribution in [0.3, 0.4) is 0 Å². The molecule has 0 aliphatic carbocycles. The summed E-state index contributed by atoms with van der Waals surface area (Å²) in [6.45, 7) is 13.4. The van der Waals surface area contributed by atoms with E-state index in [2.05, 4.69) is 135 Å². The van der Waals surface area contributed by atoms with Crippen LogP contribution in [-0.2, 0) is 95.8 Å². The molecule has 98 heavy (non-hydrogen) atoms. The van der Waals surface area contributed by atoms with Crippen molar-refractivity contribution in [3.8, 4) is 81.3 Å². The van der Waals surface area contributed by atoms with Gasteiger partial charge in [-0.25, -0.2) is 29.9 Å². The molecule has 0 radical (unpaired) electrons. The number of nitrogens with zero attached hydrogens (tertiary/aromatic N) is 30. The Morgan fingerprint density at radius 2 is 0.582 bits per heavy atom. The molecule has 0 aliphatic rings. The maximum absolute atomic E-state index is 12.5. The Morgan fingerprint density at radius 3 is 0.867 bits per heavy atom. The summed E-state index contributed by atoms with van der Waals surface area (Å²) in [7, 11) is 3.53. The number of alkyl halides is 9. The molecule has 30 nitrogen and oxygen atoms in total. The second kappa shape index (κ2) is 33.8. The maximum Gasteiger partial charge on any atom is 2.00 e. The number of hydrogen-bond donors (Lipinski definition) is 0. The van der Waals surface area contributed by atoms with Crippen LogP contribution in [0.1, 0.15) is 74.7 Å². The van der Waals surface area contributed by atoms with Crippen LogP contribution in [-0.4, -0.2) is 118 Å². The van der Waals surface area contributed by atoms with Crippen molar-refractivity contribution >= 4 is 0 Å². The first kappa shape index (κ1) is 77.0. The Hall–Kier alpha value is -10.0. The summed E-state index contributed by atoms with van der Waals surface area (Å²) < 4.78 is 121. The Labute approximate surface area is 592 Å². The molecule has 0 bridgehead atoms. The van der Waals surface area contributed by atoms with Crippen molar-refractivity contribution in [2.45, 2.75) is 79.1 Å². The topological polar surface area (TPSA) is 346 Å². The van der Waals surface area contributed by atoms with Crippen LogP contribution >= 0.6 is 0 Å². The van der Waals surface area contributed by atoms with Crippen molar-refractivity contribution in [2.24, 2.45) is 14.1 Å². The van der Waals surface area contributed by atoms with E-state index in [9.17, 15) is 39.5 Å². The molecule has 14 aromatic rings. The molecule has 0 atom stereocenters. The SMILES string of the molecule is CC(C)n1ccnc1-c1nc(C(F)(F)F)n[n-]1.Cc1n[n-]c(-c2nccn2-c2ccccc2)n1.Cc1n[n-]c(-c2nccn2C(C)C)n1.Cc1n[n-]c(-c2nccn2C)n1.Cn1ccnc1-c1nc(C(F)(F)F)n[n-]1.FC(F)(F)c1n[n-]c(-c2nccn2-c2ccccc2)n1.[Pt+2].[Pt+2].[Pt+2]. The van der Waals surface area contributed by atoms with Gasteiger partial charge in [0.05, 0.1) is 0 Å². The largest absolute Gasteiger partial charge is 2.00 e. The smallest absolute Gasteiger partial charge is 0.420 e. The van der Waals surface area contributed by atoms with Crippen molar-refractivity contribution in [1.82, 2.24) is 148 Å². The molecule has 0 aliphatic heterocycles. The van der Waals surface area contributed by atoms with Gasteiger partial charge < -0.3 is 87.9 Å². The number of benzene rings is 2. The molecule has 0 N–H and O–H groups in total. The average Bonchev–Trinajstić information content (AvgIpc) is 1.68. The Kier molecular flexibility index (Phi) is 26.5. The van der Waals surface area contributed by atoms with Crippen LogP contribution in [0.15, 0.2) is 135 Å². The number of hydrogen-bond acceptors (Lipinski definition) is 18. The van der Waals surface area contributed by atoms with Gasteiger partial charge in [-0.05, 0) is 72.7 Å². The van der Waals surface area contributed by atoms with E-state index in [0.29, 0.717) is 46.8 Å². The predicted octanol–water partition coefficient (Wildman–Crippen LogP) is 7.97. The van der Waals surface area contributed by atoms with E-state index < -0.39 is 36.0 Å². The van der Waals surface area contributed by atoms with Gasteiger partial charge in [-0.2, -0.15) is 39.5 Å². The molecule has 0 unspecified atom stereocenters. The van der Waals surface area contributed by atoms with E-state index in [1.807, 2.05) is 116 Å². The molecule has 0 fully saturated rings. The Balaban J connectivity index is 0.000000186. The number of rotatable bonds is 10. The minimum atomic E-state index is -4.62. The van der Waals surface area contributed by atoms with E-state index in [1.54, 1.807) is 72.4 Å². The van der Waals surface area contributed by atoms with Gasteiger partial charge in [-0.15, -0.1) is 0 Å². The first-order chi connectivity index (χ1) is 45.2. The molecule has 0 amide bonds. The molecular weight excluding hydrogens is 1850 g/mol. The molecule has 12 heterocycles. The van der Waals surface area contributed by atoms with Crippen LogP contribution < -0.4 is 30.6 Å². The number of para-hydroxylation sites is 2. The molecule has 14 rings (SSSR count). The molecular formula is C56H51F9N30Pt3. The summed E-state index contributed by atoms with van der Waals surface area (Å²) in [6, 6.07) is 19.4. The summed E-state index contributed by atoms with van der Waals surface area (Å²) in [4.78, 5) is 46.8. The minimum Gasteiger partial charge on any atom is -0.420 e. The molecule has 0 saturated carbocycles. The zero-order valence-electron chi connectivity index (χ0n) is 52.1. The third kappa shape index (κ3) is 19.6. The minimum absolute atomic E-state index is 0. The fraction of sp³-hybridized carbons (Fsp3) is 0.250.